The van der Waals surface area contributed by atoms with Gasteiger partial charge in [-0.25, -0.2) is 0 Å². The van der Waals surface area contributed by atoms with Crippen LogP contribution in [0.2, 0.25) is 0 Å². The molecule has 0 aromatic rings. The van der Waals surface area contributed by atoms with Crippen molar-refractivity contribution in [3.05, 3.63) is 72.9 Å². The zero-order chi connectivity index (χ0) is 53.6. The smallest absolute Gasteiger partial charge is 0.306 e. The van der Waals surface area contributed by atoms with E-state index < -0.39 is 6.10 Å². The summed E-state index contributed by atoms with van der Waals surface area (Å²) in [5, 5.41) is 0. The van der Waals surface area contributed by atoms with Crippen LogP contribution in [0.5, 0.6) is 0 Å². The molecule has 0 saturated carbocycles. The van der Waals surface area contributed by atoms with Crippen molar-refractivity contribution in [2.45, 2.75) is 329 Å². The summed E-state index contributed by atoms with van der Waals surface area (Å²) in [6.07, 6.45) is 80.5. The quantitative estimate of drug-likeness (QED) is 0.0261. The van der Waals surface area contributed by atoms with E-state index >= 15 is 0 Å². The molecule has 0 aliphatic carbocycles. The molecule has 0 aliphatic heterocycles. The van der Waals surface area contributed by atoms with Gasteiger partial charge in [-0.15, -0.1) is 0 Å². The lowest BCUT2D eigenvalue weighted by Crippen LogP contribution is -2.30. The Bertz CT molecular complexity index is 1370. The van der Waals surface area contributed by atoms with E-state index in [0.29, 0.717) is 19.3 Å². The number of hydrogen-bond acceptors (Lipinski definition) is 6. The lowest BCUT2D eigenvalue weighted by atomic mass is 10.0. The van der Waals surface area contributed by atoms with E-state index in [4.69, 9.17) is 14.2 Å². The molecule has 1 unspecified atom stereocenters. The third-order valence-corrected chi connectivity index (χ3v) is 13.9. The zero-order valence-corrected chi connectivity index (χ0v) is 49.1. The fourth-order valence-electron chi connectivity index (χ4n) is 9.06. The van der Waals surface area contributed by atoms with Gasteiger partial charge in [0, 0.05) is 19.3 Å². The molecule has 0 heterocycles. The lowest BCUT2D eigenvalue weighted by molar-refractivity contribution is -0.167. The molecule has 0 N–H and O–H groups in total. The maximum atomic E-state index is 12.9. The van der Waals surface area contributed by atoms with Crippen LogP contribution >= 0.6 is 0 Å². The first-order chi connectivity index (χ1) is 36.5. The van der Waals surface area contributed by atoms with Crippen LogP contribution in [0.25, 0.3) is 0 Å². The van der Waals surface area contributed by atoms with Gasteiger partial charge in [0.15, 0.2) is 6.10 Å². The molecule has 0 spiro atoms. The molecular weight excluding hydrogens is 913 g/mol. The Balaban J connectivity index is 4.28. The van der Waals surface area contributed by atoms with Crippen LogP contribution in [0.1, 0.15) is 323 Å². The number of allylic oxidation sites excluding steroid dienone is 12. The largest absolute Gasteiger partial charge is 0.462 e. The number of ether oxygens (including phenoxy) is 3. The van der Waals surface area contributed by atoms with Gasteiger partial charge in [-0.05, 0) is 116 Å². The molecule has 0 rings (SSSR count). The molecule has 0 aromatic heterocycles. The van der Waals surface area contributed by atoms with Gasteiger partial charge >= 0.3 is 17.9 Å². The van der Waals surface area contributed by atoms with Crippen molar-refractivity contribution >= 4 is 17.9 Å². The van der Waals surface area contributed by atoms with E-state index in [9.17, 15) is 14.4 Å². The maximum absolute atomic E-state index is 12.9. The van der Waals surface area contributed by atoms with Crippen LogP contribution in [0.4, 0.5) is 0 Å². The maximum Gasteiger partial charge on any atom is 0.306 e. The number of hydrogen-bond donors (Lipinski definition) is 0. The number of carbonyl (C=O) groups is 3. The highest BCUT2D eigenvalue weighted by Gasteiger charge is 2.19. The molecule has 0 radical (unpaired) electrons. The highest BCUT2D eigenvalue weighted by atomic mass is 16.6. The van der Waals surface area contributed by atoms with Gasteiger partial charge in [-0.1, -0.05) is 261 Å². The Labute approximate surface area is 459 Å². The van der Waals surface area contributed by atoms with E-state index in [0.717, 1.165) is 103 Å². The standard InChI is InChI=1S/C68H120O6/c1-4-7-10-13-16-19-22-25-28-29-30-31-32-33-34-35-36-37-38-39-41-43-46-49-52-55-58-61-67(70)73-64-65(63-72-66(69)60-57-54-51-48-45-42-27-24-21-18-15-12-9-6-3)74-68(71)62-59-56-53-50-47-44-40-26-23-20-17-14-11-8-5-2/h17,20,22,24-27,29-30,32-33,40,65H,4-16,18-19,21,23,28,31,34-39,41-64H2,1-3H3/b20-17-,25-22-,27-24-,30-29-,33-32-,40-26-. The molecule has 0 amide bonds. The second kappa shape index (κ2) is 62.4. The normalized spacial score (nSPS) is 12.5. The Morgan fingerprint density at radius 1 is 0.270 bits per heavy atom. The van der Waals surface area contributed by atoms with Crippen LogP contribution in [0.3, 0.4) is 0 Å². The van der Waals surface area contributed by atoms with E-state index in [1.54, 1.807) is 0 Å². The van der Waals surface area contributed by atoms with Crippen molar-refractivity contribution in [2.24, 2.45) is 0 Å². The highest BCUT2D eigenvalue weighted by molar-refractivity contribution is 5.71. The van der Waals surface area contributed by atoms with Gasteiger partial charge in [0.05, 0.1) is 0 Å². The van der Waals surface area contributed by atoms with Gasteiger partial charge in [0.1, 0.15) is 13.2 Å². The Morgan fingerprint density at radius 3 is 0.797 bits per heavy atom. The highest BCUT2D eigenvalue weighted by Crippen LogP contribution is 2.16. The van der Waals surface area contributed by atoms with E-state index in [2.05, 4.69) is 93.7 Å². The third kappa shape index (κ3) is 59.7. The Hall–Kier alpha value is -3.15. The molecule has 0 bridgehead atoms. The monoisotopic (exact) mass is 1030 g/mol. The fraction of sp³-hybridized carbons (Fsp3) is 0.779. The zero-order valence-electron chi connectivity index (χ0n) is 49.1. The summed E-state index contributed by atoms with van der Waals surface area (Å²) < 4.78 is 16.9. The summed E-state index contributed by atoms with van der Waals surface area (Å²) in [5.41, 5.74) is 0. The topological polar surface area (TPSA) is 78.9 Å². The van der Waals surface area contributed by atoms with E-state index in [1.165, 1.54) is 180 Å². The van der Waals surface area contributed by atoms with Crippen molar-refractivity contribution in [1.82, 2.24) is 0 Å². The van der Waals surface area contributed by atoms with Gasteiger partial charge in [-0.3, -0.25) is 14.4 Å². The third-order valence-electron chi connectivity index (χ3n) is 13.9. The molecule has 428 valence electrons. The minimum absolute atomic E-state index is 0.0833. The second-order valence-corrected chi connectivity index (χ2v) is 21.3. The van der Waals surface area contributed by atoms with Crippen LogP contribution < -0.4 is 0 Å². The first-order valence-electron chi connectivity index (χ1n) is 31.9. The number of unbranched alkanes of at least 4 members (excludes halogenated alkanes) is 35. The summed E-state index contributed by atoms with van der Waals surface area (Å²) in [6.45, 7) is 6.60. The fourth-order valence-corrected chi connectivity index (χ4v) is 9.06. The van der Waals surface area contributed by atoms with Gasteiger partial charge in [0.25, 0.3) is 0 Å². The van der Waals surface area contributed by atoms with Crippen LogP contribution in [-0.4, -0.2) is 37.2 Å². The van der Waals surface area contributed by atoms with Gasteiger partial charge in [0.2, 0.25) is 0 Å². The molecule has 6 heteroatoms. The molecule has 0 saturated heterocycles. The van der Waals surface area contributed by atoms with Crippen molar-refractivity contribution in [1.29, 1.82) is 0 Å². The first-order valence-corrected chi connectivity index (χ1v) is 31.9. The average Bonchev–Trinajstić information content (AvgIpc) is 3.40. The summed E-state index contributed by atoms with van der Waals surface area (Å²) in [6, 6.07) is 0. The molecule has 74 heavy (non-hydrogen) atoms. The predicted molar refractivity (Wildman–Crippen MR) is 321 cm³/mol. The summed E-state index contributed by atoms with van der Waals surface area (Å²) in [5.74, 6) is -0.896. The van der Waals surface area contributed by atoms with Crippen LogP contribution in [-0.2, 0) is 28.6 Å². The minimum atomic E-state index is -0.787. The SMILES string of the molecule is CCCCC/C=C\C/C=C\CCCCCCCC(=O)OC(COC(=O)CCCCCCC/C=C\CCCCCCC)COC(=O)CCCCCCCCCCCCCC/C=C\C/C=C\C/C=C\CCCCCCC. The van der Waals surface area contributed by atoms with Crippen LogP contribution in [0.15, 0.2) is 72.9 Å². The second-order valence-electron chi connectivity index (χ2n) is 21.3. The van der Waals surface area contributed by atoms with Crippen molar-refractivity contribution in [3.8, 4) is 0 Å². The van der Waals surface area contributed by atoms with E-state index in [-0.39, 0.29) is 31.1 Å². The van der Waals surface area contributed by atoms with Crippen molar-refractivity contribution in [2.75, 3.05) is 13.2 Å². The first kappa shape index (κ1) is 70.8. The summed E-state index contributed by atoms with van der Waals surface area (Å²) >= 11 is 0. The number of carbonyl (C=O) groups excluding carboxylic acids is 3. The molecule has 0 aromatic carbocycles. The van der Waals surface area contributed by atoms with Gasteiger partial charge < -0.3 is 14.2 Å². The summed E-state index contributed by atoms with van der Waals surface area (Å²) in [7, 11) is 0. The molecule has 0 fully saturated rings. The lowest BCUT2D eigenvalue weighted by Gasteiger charge is -2.18. The molecule has 1 atom stereocenters. The Kier molecular flexibility index (Phi) is 59.7. The molecule has 6 nitrogen and oxygen atoms in total. The van der Waals surface area contributed by atoms with Crippen LogP contribution in [0, 0.1) is 0 Å². The Morgan fingerprint density at radius 2 is 0.486 bits per heavy atom. The number of esters is 3. The van der Waals surface area contributed by atoms with E-state index in [1.807, 2.05) is 0 Å². The molecule has 0 aliphatic rings. The molecular formula is C68H120O6. The predicted octanol–water partition coefficient (Wildman–Crippen LogP) is 21.7. The minimum Gasteiger partial charge on any atom is -0.462 e. The number of rotatable bonds is 58. The average molecular weight is 1030 g/mol. The van der Waals surface area contributed by atoms with Crippen molar-refractivity contribution < 1.29 is 28.6 Å². The summed E-state index contributed by atoms with van der Waals surface area (Å²) in [4.78, 5) is 38.3. The van der Waals surface area contributed by atoms with Gasteiger partial charge in [-0.2, -0.15) is 0 Å². The van der Waals surface area contributed by atoms with Crippen molar-refractivity contribution in [3.63, 3.8) is 0 Å².